The Morgan fingerprint density at radius 3 is 2.84 bits per heavy atom. The predicted octanol–water partition coefficient (Wildman–Crippen LogP) is 4.56. The zero-order chi connectivity index (χ0) is 18.2. The quantitative estimate of drug-likeness (QED) is 0.734. The van der Waals surface area contributed by atoms with Crippen LogP contribution in [0.25, 0.3) is 0 Å². The smallest absolute Gasteiger partial charge is 0.418 e. The van der Waals surface area contributed by atoms with Gasteiger partial charge in [0.15, 0.2) is 11.0 Å². The largest absolute Gasteiger partial charge is 0.467 e. The molecular weight excluding hydrogens is 393 g/mol. The molecule has 4 nitrogen and oxygen atoms in total. The number of hydrogen-bond donors (Lipinski definition) is 2. The van der Waals surface area contributed by atoms with Crippen LogP contribution in [0.4, 0.5) is 24.5 Å². The number of fused-ring (bicyclic) bond motifs is 1. The van der Waals surface area contributed by atoms with Crippen molar-refractivity contribution in [1.29, 1.82) is 0 Å². The Morgan fingerprint density at radius 2 is 2.20 bits per heavy atom. The van der Waals surface area contributed by atoms with Gasteiger partial charge in [0.1, 0.15) is 10.3 Å². The summed E-state index contributed by atoms with van der Waals surface area (Å²) in [6.45, 7) is 1.78. The van der Waals surface area contributed by atoms with Gasteiger partial charge in [0.25, 0.3) is 5.17 Å². The van der Waals surface area contributed by atoms with E-state index in [1.807, 2.05) is 0 Å². The maximum Gasteiger partial charge on any atom is 0.418 e. The molecule has 2 unspecified atom stereocenters. The van der Waals surface area contributed by atoms with Crippen LogP contribution in [-0.2, 0) is 28.3 Å². The number of alkyl halides is 3. The van der Waals surface area contributed by atoms with E-state index in [1.54, 1.807) is 24.4 Å². The fraction of sp³-hybridized carbons (Fsp3) is 0.267. The van der Waals surface area contributed by atoms with Gasteiger partial charge in [-0.2, -0.15) is 13.2 Å². The third-order valence-electron chi connectivity index (χ3n) is 3.48. The van der Waals surface area contributed by atoms with E-state index in [9.17, 15) is 17.4 Å². The zero-order valence-electron chi connectivity index (χ0n) is 12.8. The lowest BCUT2D eigenvalue weighted by atomic mass is 10.0. The molecule has 0 saturated carbocycles. The second-order valence-electron chi connectivity index (χ2n) is 5.40. The number of nitrogens with one attached hydrogen (secondary N) is 2. The number of halogens is 3. The topological polar surface area (TPSA) is 50.4 Å². The van der Waals surface area contributed by atoms with Gasteiger partial charge in [-0.05, 0) is 48.3 Å². The standard InChI is InChI=1S/C15H13F3N2O2S3/c1-8-5-9-6-12(20-25(21)13-3-2-4-24-13)10(15(16,17)18)7-11(9)19-14(23)22-8/h2-4,6-8,20H,5H2,1H3,(H,19,23). The molecule has 2 heterocycles. The van der Waals surface area contributed by atoms with Crippen molar-refractivity contribution in [2.75, 3.05) is 10.0 Å². The minimum absolute atomic E-state index is 0.0299. The molecule has 1 aliphatic rings. The van der Waals surface area contributed by atoms with Crippen molar-refractivity contribution >= 4 is 51.1 Å². The van der Waals surface area contributed by atoms with Crippen molar-refractivity contribution in [3.05, 3.63) is 40.8 Å². The van der Waals surface area contributed by atoms with E-state index in [0.29, 0.717) is 16.2 Å². The predicted molar refractivity (Wildman–Crippen MR) is 96.3 cm³/mol. The van der Waals surface area contributed by atoms with Crippen LogP contribution in [-0.4, -0.2) is 15.5 Å². The monoisotopic (exact) mass is 406 g/mol. The molecule has 2 atom stereocenters. The van der Waals surface area contributed by atoms with Gasteiger partial charge in [0.2, 0.25) is 0 Å². The molecule has 1 aliphatic heterocycles. The van der Waals surface area contributed by atoms with Crippen molar-refractivity contribution in [3.8, 4) is 0 Å². The summed E-state index contributed by atoms with van der Waals surface area (Å²) >= 11 is 6.16. The van der Waals surface area contributed by atoms with Crippen LogP contribution in [0.5, 0.6) is 0 Å². The minimum atomic E-state index is -4.61. The van der Waals surface area contributed by atoms with Crippen LogP contribution in [0.3, 0.4) is 0 Å². The van der Waals surface area contributed by atoms with E-state index >= 15 is 0 Å². The molecule has 1 aromatic heterocycles. The molecule has 0 spiro atoms. The summed E-state index contributed by atoms with van der Waals surface area (Å²) in [5.41, 5.74) is -0.305. The van der Waals surface area contributed by atoms with Crippen LogP contribution in [0, 0.1) is 0 Å². The number of benzene rings is 1. The Labute approximate surface area is 154 Å². The van der Waals surface area contributed by atoms with E-state index in [0.717, 1.165) is 6.07 Å². The molecule has 0 bridgehead atoms. The maximum atomic E-state index is 13.5. The fourth-order valence-corrected chi connectivity index (χ4v) is 4.48. The summed E-state index contributed by atoms with van der Waals surface area (Å²) < 4.78 is 60.9. The lowest BCUT2D eigenvalue weighted by molar-refractivity contribution is -0.136. The number of thiophene rings is 1. The molecule has 10 heteroatoms. The Hall–Kier alpha value is -1.65. The third-order valence-corrected chi connectivity index (χ3v) is 5.99. The lowest BCUT2D eigenvalue weighted by Gasteiger charge is -2.17. The molecule has 2 N–H and O–H groups in total. The van der Waals surface area contributed by atoms with Gasteiger partial charge in [0, 0.05) is 12.1 Å². The summed E-state index contributed by atoms with van der Waals surface area (Å²) in [5.74, 6) is 0. The van der Waals surface area contributed by atoms with Crippen molar-refractivity contribution in [2.24, 2.45) is 0 Å². The van der Waals surface area contributed by atoms with E-state index in [1.165, 1.54) is 17.4 Å². The molecule has 0 amide bonds. The van der Waals surface area contributed by atoms with Crippen LogP contribution in [0.2, 0.25) is 0 Å². The second-order valence-corrected chi connectivity index (χ2v) is 8.16. The summed E-state index contributed by atoms with van der Waals surface area (Å²) in [5, 5.41) is 4.42. The molecule has 134 valence electrons. The Balaban J connectivity index is 2.04. The van der Waals surface area contributed by atoms with Crippen LogP contribution in [0.1, 0.15) is 18.1 Å². The summed E-state index contributed by atoms with van der Waals surface area (Å²) in [6, 6.07) is 5.60. The Kier molecular flexibility index (Phi) is 5.03. The first kappa shape index (κ1) is 18.2. The average molecular weight is 406 g/mol. The highest BCUT2D eigenvalue weighted by Crippen LogP contribution is 2.40. The molecule has 3 rings (SSSR count). The molecular formula is C15H13F3N2O2S3. The molecule has 25 heavy (non-hydrogen) atoms. The van der Waals surface area contributed by atoms with Gasteiger partial charge in [0.05, 0.1) is 11.3 Å². The molecule has 2 aromatic rings. The first-order valence-corrected chi connectivity index (χ1v) is 9.61. The van der Waals surface area contributed by atoms with Gasteiger partial charge in [-0.15, -0.1) is 11.3 Å². The summed E-state index contributed by atoms with van der Waals surface area (Å²) in [6.07, 6.45) is -4.52. The van der Waals surface area contributed by atoms with E-state index in [2.05, 4.69) is 10.0 Å². The summed E-state index contributed by atoms with van der Waals surface area (Å²) in [4.78, 5) is 0. The van der Waals surface area contributed by atoms with Crippen LogP contribution in [0.15, 0.2) is 33.9 Å². The van der Waals surface area contributed by atoms with Crippen LogP contribution >= 0.6 is 23.6 Å². The minimum Gasteiger partial charge on any atom is -0.467 e. The molecule has 1 aromatic carbocycles. The average Bonchev–Trinajstić information content (AvgIpc) is 2.98. The lowest BCUT2D eigenvalue weighted by Crippen LogP contribution is -2.17. The Morgan fingerprint density at radius 1 is 1.44 bits per heavy atom. The van der Waals surface area contributed by atoms with Gasteiger partial charge in [-0.3, -0.25) is 4.72 Å². The number of hydrogen-bond acceptors (Lipinski definition) is 4. The maximum absolute atomic E-state index is 13.5. The van der Waals surface area contributed by atoms with Crippen LogP contribution < -0.4 is 10.0 Å². The van der Waals surface area contributed by atoms with Gasteiger partial charge in [-0.1, -0.05) is 6.07 Å². The first-order chi connectivity index (χ1) is 11.7. The fourth-order valence-electron chi connectivity index (χ4n) is 2.44. The van der Waals surface area contributed by atoms with E-state index in [4.69, 9.17) is 17.0 Å². The molecule has 0 radical (unpaired) electrons. The second kappa shape index (κ2) is 6.93. The number of rotatable bonds is 3. The summed E-state index contributed by atoms with van der Waals surface area (Å²) in [7, 11) is -1.78. The van der Waals surface area contributed by atoms with Crippen molar-refractivity contribution in [2.45, 2.75) is 29.8 Å². The first-order valence-electron chi connectivity index (χ1n) is 7.17. The van der Waals surface area contributed by atoms with Gasteiger partial charge >= 0.3 is 6.18 Å². The van der Waals surface area contributed by atoms with E-state index < -0.39 is 22.7 Å². The molecule has 0 saturated heterocycles. The van der Waals surface area contributed by atoms with E-state index in [-0.39, 0.29) is 22.7 Å². The van der Waals surface area contributed by atoms with Gasteiger partial charge < -0.3 is 10.1 Å². The Bertz CT molecular complexity index is 822. The molecule has 0 aliphatic carbocycles. The molecule has 0 fully saturated rings. The number of thiocarbonyl (C=S) groups is 1. The highest BCUT2D eigenvalue weighted by atomic mass is 32.2. The van der Waals surface area contributed by atoms with Crippen molar-refractivity contribution in [1.82, 2.24) is 0 Å². The number of ether oxygens (including phenoxy) is 1. The SMILES string of the molecule is CC1Cc2cc(NS(=O)c3cccs3)c(C(F)(F)F)cc2NC(=S)O1. The van der Waals surface area contributed by atoms with Gasteiger partial charge in [-0.25, -0.2) is 4.21 Å². The highest BCUT2D eigenvalue weighted by molar-refractivity contribution is 7.88. The van der Waals surface area contributed by atoms with Crippen molar-refractivity contribution < 1.29 is 22.1 Å². The normalized spacial score (nSPS) is 18.6. The zero-order valence-corrected chi connectivity index (χ0v) is 15.3. The highest BCUT2D eigenvalue weighted by Gasteiger charge is 2.36. The number of anilines is 2. The third kappa shape index (κ3) is 4.13. The van der Waals surface area contributed by atoms with Crippen molar-refractivity contribution in [3.63, 3.8) is 0 Å².